The van der Waals surface area contributed by atoms with Gasteiger partial charge < -0.3 is 15.2 Å². The van der Waals surface area contributed by atoms with Gasteiger partial charge in [-0.2, -0.15) is 0 Å². The second-order valence-corrected chi connectivity index (χ2v) is 7.81. The van der Waals surface area contributed by atoms with Crippen molar-refractivity contribution in [3.05, 3.63) is 24.0 Å². The second-order valence-electron chi connectivity index (χ2n) is 7.81. The van der Waals surface area contributed by atoms with E-state index < -0.39 is 5.41 Å². The van der Waals surface area contributed by atoms with Gasteiger partial charge in [-0.3, -0.25) is 9.59 Å². The number of nitrogens with zero attached hydrogens (tertiary/aromatic N) is 2. The minimum absolute atomic E-state index is 0.0224. The summed E-state index contributed by atoms with van der Waals surface area (Å²) in [4.78, 5) is 28.5. The van der Waals surface area contributed by atoms with E-state index in [9.17, 15) is 9.59 Å². The summed E-state index contributed by atoms with van der Waals surface area (Å²) in [7, 11) is 1.97. The van der Waals surface area contributed by atoms with E-state index in [1.165, 1.54) is 0 Å². The van der Waals surface area contributed by atoms with Gasteiger partial charge in [0, 0.05) is 37.0 Å². The quantitative estimate of drug-likeness (QED) is 0.877. The van der Waals surface area contributed by atoms with Gasteiger partial charge in [-0.1, -0.05) is 20.8 Å². The van der Waals surface area contributed by atoms with Gasteiger partial charge in [-0.05, 0) is 31.0 Å². The van der Waals surface area contributed by atoms with Crippen molar-refractivity contribution in [2.75, 3.05) is 11.9 Å². The van der Waals surface area contributed by atoms with Crippen LogP contribution in [0.1, 0.15) is 39.4 Å². The molecule has 1 aliphatic rings. The highest BCUT2D eigenvalue weighted by atomic mass is 16.2. The smallest absolute Gasteiger partial charge is 0.229 e. The number of benzene rings is 1. The molecule has 6 nitrogen and oxygen atoms in total. The van der Waals surface area contributed by atoms with Crippen LogP contribution in [-0.2, 0) is 23.1 Å². The van der Waals surface area contributed by atoms with Crippen molar-refractivity contribution in [3.63, 3.8) is 0 Å². The number of carbonyl (C=O) groups is 2. The molecule has 0 aliphatic heterocycles. The molecular weight excluding hydrogens is 316 g/mol. The Labute approximate surface area is 148 Å². The normalized spacial score (nSPS) is 14.6. The van der Waals surface area contributed by atoms with E-state index in [0.717, 1.165) is 35.4 Å². The maximum atomic E-state index is 12.1. The fourth-order valence-corrected chi connectivity index (χ4v) is 2.66. The van der Waals surface area contributed by atoms with E-state index in [1.54, 1.807) is 0 Å². The van der Waals surface area contributed by atoms with E-state index in [2.05, 4.69) is 15.6 Å². The maximum absolute atomic E-state index is 12.1. The van der Waals surface area contributed by atoms with Crippen LogP contribution in [0.5, 0.6) is 0 Å². The molecule has 0 spiro atoms. The Morgan fingerprint density at radius 1 is 1.28 bits per heavy atom. The SMILES string of the molecule is Cn1c(CCNC(=O)C2CC2)nc2cc(NC(=O)C(C)(C)C)ccc21. The van der Waals surface area contributed by atoms with E-state index in [1.807, 2.05) is 50.6 Å². The summed E-state index contributed by atoms with van der Waals surface area (Å²) in [5.41, 5.74) is 2.17. The zero-order valence-electron chi connectivity index (χ0n) is 15.3. The number of rotatable bonds is 5. The molecule has 0 radical (unpaired) electrons. The molecule has 2 aromatic rings. The minimum Gasteiger partial charge on any atom is -0.355 e. The predicted molar refractivity (Wildman–Crippen MR) is 98.2 cm³/mol. The first-order valence-corrected chi connectivity index (χ1v) is 8.80. The third-order valence-corrected chi connectivity index (χ3v) is 4.51. The number of aromatic nitrogens is 2. The highest BCUT2D eigenvalue weighted by Gasteiger charge is 2.29. The van der Waals surface area contributed by atoms with Crippen LogP contribution < -0.4 is 10.6 Å². The Morgan fingerprint density at radius 3 is 2.64 bits per heavy atom. The number of fused-ring (bicyclic) bond motifs is 1. The number of imidazole rings is 1. The fourth-order valence-electron chi connectivity index (χ4n) is 2.66. The molecule has 2 amide bonds. The molecular formula is C19H26N4O2. The molecule has 1 aliphatic carbocycles. The average molecular weight is 342 g/mol. The molecule has 1 heterocycles. The molecule has 0 saturated heterocycles. The van der Waals surface area contributed by atoms with Crippen molar-refractivity contribution in [2.24, 2.45) is 18.4 Å². The third kappa shape index (κ3) is 4.00. The van der Waals surface area contributed by atoms with Gasteiger partial charge in [0.25, 0.3) is 0 Å². The summed E-state index contributed by atoms with van der Waals surface area (Å²) in [5.74, 6) is 1.29. The first-order chi connectivity index (χ1) is 11.8. The first kappa shape index (κ1) is 17.5. The third-order valence-electron chi connectivity index (χ3n) is 4.51. The molecule has 1 saturated carbocycles. The van der Waals surface area contributed by atoms with Crippen molar-refractivity contribution in [2.45, 2.75) is 40.0 Å². The summed E-state index contributed by atoms with van der Waals surface area (Å²) >= 11 is 0. The topological polar surface area (TPSA) is 76.0 Å². The number of carbonyl (C=O) groups excluding carboxylic acids is 2. The molecule has 1 fully saturated rings. The van der Waals surface area contributed by atoms with Gasteiger partial charge in [0.15, 0.2) is 0 Å². The maximum Gasteiger partial charge on any atom is 0.229 e. The lowest BCUT2D eigenvalue weighted by Crippen LogP contribution is -2.27. The first-order valence-electron chi connectivity index (χ1n) is 8.80. The number of nitrogens with one attached hydrogen (secondary N) is 2. The Hall–Kier alpha value is -2.37. The van der Waals surface area contributed by atoms with Crippen molar-refractivity contribution in [1.82, 2.24) is 14.9 Å². The van der Waals surface area contributed by atoms with Crippen LogP contribution in [0.15, 0.2) is 18.2 Å². The number of anilines is 1. The summed E-state index contributed by atoms with van der Waals surface area (Å²) in [6.07, 6.45) is 2.72. The van der Waals surface area contributed by atoms with Crippen LogP contribution in [0, 0.1) is 11.3 Å². The Kier molecular flexibility index (Phi) is 4.54. The van der Waals surface area contributed by atoms with Crippen molar-refractivity contribution in [3.8, 4) is 0 Å². The Bertz CT molecular complexity index is 813. The van der Waals surface area contributed by atoms with E-state index in [-0.39, 0.29) is 17.7 Å². The van der Waals surface area contributed by atoms with E-state index >= 15 is 0 Å². The molecule has 6 heteroatoms. The average Bonchev–Trinajstić information content (AvgIpc) is 3.33. The van der Waals surface area contributed by atoms with Gasteiger partial charge in [0.1, 0.15) is 5.82 Å². The number of amides is 2. The number of hydrogen-bond donors (Lipinski definition) is 2. The lowest BCUT2D eigenvalue weighted by atomic mass is 9.95. The number of aryl methyl sites for hydroxylation is 1. The van der Waals surface area contributed by atoms with Crippen molar-refractivity contribution in [1.29, 1.82) is 0 Å². The lowest BCUT2D eigenvalue weighted by Gasteiger charge is -2.17. The van der Waals surface area contributed by atoms with Gasteiger partial charge in [-0.15, -0.1) is 0 Å². The molecule has 0 bridgehead atoms. The summed E-state index contributed by atoms with van der Waals surface area (Å²) in [6.45, 7) is 6.25. The van der Waals surface area contributed by atoms with Crippen LogP contribution in [0.3, 0.4) is 0 Å². The van der Waals surface area contributed by atoms with Crippen LogP contribution in [0.4, 0.5) is 5.69 Å². The minimum atomic E-state index is -0.440. The molecule has 1 aromatic heterocycles. The van der Waals surface area contributed by atoms with E-state index in [0.29, 0.717) is 13.0 Å². The highest BCUT2D eigenvalue weighted by Crippen LogP contribution is 2.28. The molecule has 25 heavy (non-hydrogen) atoms. The van der Waals surface area contributed by atoms with E-state index in [4.69, 9.17) is 0 Å². The fraction of sp³-hybridized carbons (Fsp3) is 0.526. The summed E-state index contributed by atoms with van der Waals surface area (Å²) in [6, 6.07) is 5.75. The van der Waals surface area contributed by atoms with Gasteiger partial charge >= 0.3 is 0 Å². The van der Waals surface area contributed by atoms with Crippen LogP contribution in [-0.4, -0.2) is 27.9 Å². The Balaban J connectivity index is 1.70. The molecule has 0 atom stereocenters. The van der Waals surface area contributed by atoms with Gasteiger partial charge in [0.2, 0.25) is 11.8 Å². The standard InChI is InChI=1S/C19H26N4O2/c1-19(2,3)18(25)21-13-7-8-15-14(11-13)22-16(23(15)4)9-10-20-17(24)12-5-6-12/h7-8,11-12H,5-6,9-10H2,1-4H3,(H,20,24)(H,21,25). The largest absolute Gasteiger partial charge is 0.355 e. The summed E-state index contributed by atoms with van der Waals surface area (Å²) < 4.78 is 2.04. The molecule has 0 unspecified atom stereocenters. The highest BCUT2D eigenvalue weighted by molar-refractivity contribution is 5.96. The monoisotopic (exact) mass is 342 g/mol. The predicted octanol–water partition coefficient (Wildman–Crippen LogP) is 2.63. The van der Waals surface area contributed by atoms with Crippen LogP contribution in [0.25, 0.3) is 11.0 Å². The van der Waals surface area contributed by atoms with Crippen LogP contribution >= 0.6 is 0 Å². The van der Waals surface area contributed by atoms with Crippen molar-refractivity contribution >= 4 is 28.5 Å². The molecule has 1 aromatic carbocycles. The number of hydrogen-bond acceptors (Lipinski definition) is 3. The molecule has 134 valence electrons. The second kappa shape index (κ2) is 6.50. The molecule has 2 N–H and O–H groups in total. The Morgan fingerprint density at radius 2 is 2.00 bits per heavy atom. The zero-order valence-corrected chi connectivity index (χ0v) is 15.3. The van der Waals surface area contributed by atoms with Crippen molar-refractivity contribution < 1.29 is 9.59 Å². The molecule has 3 rings (SSSR count). The van der Waals surface area contributed by atoms with Gasteiger partial charge in [-0.25, -0.2) is 4.98 Å². The zero-order chi connectivity index (χ0) is 18.2. The van der Waals surface area contributed by atoms with Gasteiger partial charge in [0.05, 0.1) is 11.0 Å². The summed E-state index contributed by atoms with van der Waals surface area (Å²) in [5, 5.41) is 5.90. The van der Waals surface area contributed by atoms with Crippen LogP contribution in [0.2, 0.25) is 0 Å². The lowest BCUT2D eigenvalue weighted by molar-refractivity contribution is -0.123.